The Bertz CT molecular complexity index is 1000. The number of aryl methyl sites for hydroxylation is 1. The quantitative estimate of drug-likeness (QED) is 0.576. The Balaban J connectivity index is 1.59. The molecule has 2 amide bonds. The van der Waals surface area contributed by atoms with Crippen molar-refractivity contribution in [3.63, 3.8) is 0 Å². The van der Waals surface area contributed by atoms with Crippen molar-refractivity contribution >= 4 is 29.0 Å². The summed E-state index contributed by atoms with van der Waals surface area (Å²) in [4.78, 5) is 27.4. The minimum Gasteiger partial charge on any atom is -0.497 e. The molecule has 2 heterocycles. The van der Waals surface area contributed by atoms with Crippen LogP contribution in [0.5, 0.6) is 5.75 Å². The van der Waals surface area contributed by atoms with Crippen molar-refractivity contribution in [2.75, 3.05) is 13.7 Å². The summed E-state index contributed by atoms with van der Waals surface area (Å²) >= 11 is 1.06. The first-order chi connectivity index (χ1) is 14.5. The second-order valence-corrected chi connectivity index (χ2v) is 9.15. The van der Waals surface area contributed by atoms with Crippen molar-refractivity contribution in [1.82, 2.24) is 9.47 Å². The zero-order chi connectivity index (χ0) is 21.3. The van der Waals surface area contributed by atoms with E-state index in [-0.39, 0.29) is 11.1 Å². The van der Waals surface area contributed by atoms with E-state index in [0.29, 0.717) is 17.4 Å². The average molecular weight is 425 g/mol. The number of hydrogen-bond acceptors (Lipinski definition) is 4. The molecule has 0 unspecified atom stereocenters. The Morgan fingerprint density at radius 2 is 1.90 bits per heavy atom. The third-order valence-electron chi connectivity index (χ3n) is 6.11. The molecule has 6 heteroatoms. The molecule has 5 nitrogen and oxygen atoms in total. The molecule has 0 spiro atoms. The Morgan fingerprint density at radius 1 is 1.13 bits per heavy atom. The molecule has 1 saturated heterocycles. The third kappa shape index (κ3) is 4.06. The van der Waals surface area contributed by atoms with E-state index in [2.05, 4.69) is 10.6 Å². The maximum absolute atomic E-state index is 12.9. The minimum absolute atomic E-state index is 0.140. The van der Waals surface area contributed by atoms with Gasteiger partial charge in [0, 0.05) is 29.7 Å². The number of rotatable bonds is 5. The van der Waals surface area contributed by atoms with Crippen molar-refractivity contribution in [2.24, 2.45) is 5.92 Å². The normalized spacial score (nSPS) is 19.2. The van der Waals surface area contributed by atoms with E-state index in [1.54, 1.807) is 7.11 Å². The largest absolute Gasteiger partial charge is 0.497 e. The van der Waals surface area contributed by atoms with Gasteiger partial charge in [-0.3, -0.25) is 14.5 Å². The molecule has 1 aromatic carbocycles. The van der Waals surface area contributed by atoms with Crippen molar-refractivity contribution in [3.05, 3.63) is 52.2 Å². The highest BCUT2D eigenvalue weighted by Gasteiger charge is 2.36. The van der Waals surface area contributed by atoms with Crippen molar-refractivity contribution in [3.8, 4) is 11.4 Å². The van der Waals surface area contributed by atoms with Gasteiger partial charge < -0.3 is 9.30 Å². The molecule has 2 fully saturated rings. The number of hydrogen-bond donors (Lipinski definition) is 0. The number of ether oxygens (including phenoxy) is 1. The zero-order valence-electron chi connectivity index (χ0n) is 17.8. The molecule has 1 aliphatic carbocycles. The summed E-state index contributed by atoms with van der Waals surface area (Å²) in [6.07, 6.45) is 7.76. The number of aromatic nitrogens is 1. The van der Waals surface area contributed by atoms with Gasteiger partial charge in [-0.1, -0.05) is 25.3 Å². The van der Waals surface area contributed by atoms with Gasteiger partial charge in [0.15, 0.2) is 0 Å². The van der Waals surface area contributed by atoms with Gasteiger partial charge in [-0.25, -0.2) is 0 Å². The van der Waals surface area contributed by atoms with Crippen LogP contribution in [0.1, 0.15) is 49.1 Å². The van der Waals surface area contributed by atoms with Gasteiger partial charge in [0.2, 0.25) is 0 Å². The molecular formula is C24H28N2O3S. The number of imide groups is 1. The number of benzene rings is 1. The van der Waals surface area contributed by atoms with Crippen LogP contribution in [0.15, 0.2) is 35.2 Å². The van der Waals surface area contributed by atoms with Crippen LogP contribution in [0.4, 0.5) is 4.79 Å². The van der Waals surface area contributed by atoms with Crippen LogP contribution < -0.4 is 4.74 Å². The summed E-state index contributed by atoms with van der Waals surface area (Å²) in [7, 11) is 1.66. The molecule has 0 N–H and O–H groups in total. The number of carbonyl (C=O) groups excluding carboxylic acids is 2. The van der Waals surface area contributed by atoms with Crippen LogP contribution in [0, 0.1) is 19.8 Å². The predicted octanol–water partition coefficient (Wildman–Crippen LogP) is 5.72. The molecule has 0 bridgehead atoms. The topological polar surface area (TPSA) is 51.5 Å². The van der Waals surface area contributed by atoms with Gasteiger partial charge in [-0.2, -0.15) is 0 Å². The predicted molar refractivity (Wildman–Crippen MR) is 121 cm³/mol. The Labute approximate surface area is 182 Å². The van der Waals surface area contributed by atoms with Crippen molar-refractivity contribution in [1.29, 1.82) is 0 Å². The molecular weight excluding hydrogens is 396 g/mol. The highest BCUT2D eigenvalue weighted by atomic mass is 32.2. The van der Waals surface area contributed by atoms with Gasteiger partial charge in [0.05, 0.1) is 12.0 Å². The molecule has 4 rings (SSSR count). The van der Waals surface area contributed by atoms with Gasteiger partial charge in [0.1, 0.15) is 5.75 Å². The standard InChI is InChI=1S/C24H28N2O3S/c1-16-12-19(17(2)26(16)20-10-7-11-21(14-20)29-3)13-22-23(27)25(24(28)30-22)15-18-8-5-4-6-9-18/h7,10-14,18H,4-6,8-9,15H2,1-3H3/b22-13-. The van der Waals surface area contributed by atoms with Crippen LogP contribution in [-0.2, 0) is 4.79 Å². The fraction of sp³-hybridized carbons (Fsp3) is 0.417. The van der Waals surface area contributed by atoms with Crippen molar-refractivity contribution in [2.45, 2.75) is 46.0 Å². The Kier molecular flexibility index (Phi) is 6.04. The first-order valence-electron chi connectivity index (χ1n) is 10.6. The lowest BCUT2D eigenvalue weighted by Gasteiger charge is -2.25. The first-order valence-corrected chi connectivity index (χ1v) is 11.4. The lowest BCUT2D eigenvalue weighted by atomic mass is 9.89. The number of carbonyl (C=O) groups is 2. The summed E-state index contributed by atoms with van der Waals surface area (Å²) in [5.41, 5.74) is 4.06. The minimum atomic E-state index is -0.151. The van der Waals surface area contributed by atoms with E-state index in [0.717, 1.165) is 53.0 Å². The fourth-order valence-electron chi connectivity index (χ4n) is 4.51. The van der Waals surface area contributed by atoms with Crippen LogP contribution in [0.2, 0.25) is 0 Å². The van der Waals surface area contributed by atoms with E-state index >= 15 is 0 Å². The molecule has 2 aliphatic rings. The molecule has 30 heavy (non-hydrogen) atoms. The molecule has 158 valence electrons. The van der Waals surface area contributed by atoms with Crippen LogP contribution in [-0.4, -0.2) is 34.3 Å². The lowest BCUT2D eigenvalue weighted by molar-refractivity contribution is -0.123. The summed E-state index contributed by atoms with van der Waals surface area (Å²) in [5.74, 6) is 1.09. The van der Waals surface area contributed by atoms with Crippen LogP contribution in [0.3, 0.4) is 0 Å². The molecule has 2 aromatic rings. The highest BCUT2D eigenvalue weighted by Crippen LogP contribution is 2.36. The van der Waals surface area contributed by atoms with Crippen molar-refractivity contribution < 1.29 is 14.3 Å². The van der Waals surface area contributed by atoms with Gasteiger partial charge in [0.25, 0.3) is 11.1 Å². The number of methoxy groups -OCH3 is 1. The fourth-order valence-corrected chi connectivity index (χ4v) is 5.35. The maximum Gasteiger partial charge on any atom is 0.293 e. The van der Waals surface area contributed by atoms with Crippen LogP contribution >= 0.6 is 11.8 Å². The molecule has 0 atom stereocenters. The second kappa shape index (κ2) is 8.72. The SMILES string of the molecule is COc1cccc(-n2c(C)cc(/C=C3\SC(=O)N(CC4CCCCC4)C3=O)c2C)c1. The number of amides is 2. The van der Waals surface area contributed by atoms with Gasteiger partial charge in [-0.05, 0) is 74.2 Å². The van der Waals surface area contributed by atoms with Gasteiger partial charge >= 0.3 is 0 Å². The molecule has 1 aliphatic heterocycles. The number of thioether (sulfide) groups is 1. The maximum atomic E-state index is 12.9. The number of nitrogens with zero attached hydrogens (tertiary/aromatic N) is 2. The van der Waals surface area contributed by atoms with E-state index in [4.69, 9.17) is 4.74 Å². The molecule has 1 saturated carbocycles. The average Bonchev–Trinajstić information content (AvgIpc) is 3.18. The Hall–Kier alpha value is -2.47. The van der Waals surface area contributed by atoms with E-state index < -0.39 is 0 Å². The first kappa shape index (κ1) is 20.8. The highest BCUT2D eigenvalue weighted by molar-refractivity contribution is 8.18. The third-order valence-corrected chi connectivity index (χ3v) is 7.01. The summed E-state index contributed by atoms with van der Waals surface area (Å²) in [6, 6.07) is 9.96. The second-order valence-electron chi connectivity index (χ2n) is 8.16. The van der Waals surface area contributed by atoms with E-state index in [9.17, 15) is 9.59 Å². The zero-order valence-corrected chi connectivity index (χ0v) is 18.6. The van der Waals surface area contributed by atoms with E-state index in [1.807, 2.05) is 44.2 Å². The van der Waals surface area contributed by atoms with Crippen LogP contribution in [0.25, 0.3) is 11.8 Å². The molecule has 1 aromatic heterocycles. The lowest BCUT2D eigenvalue weighted by Crippen LogP contribution is -2.34. The monoisotopic (exact) mass is 424 g/mol. The smallest absolute Gasteiger partial charge is 0.293 e. The Morgan fingerprint density at radius 3 is 2.63 bits per heavy atom. The summed E-state index contributed by atoms with van der Waals surface area (Å²) in [6.45, 7) is 4.63. The van der Waals surface area contributed by atoms with E-state index in [1.165, 1.54) is 24.2 Å². The molecule has 0 radical (unpaired) electrons. The van der Waals surface area contributed by atoms with Gasteiger partial charge in [-0.15, -0.1) is 0 Å². The summed E-state index contributed by atoms with van der Waals surface area (Å²) in [5, 5.41) is -0.140. The summed E-state index contributed by atoms with van der Waals surface area (Å²) < 4.78 is 7.49.